The van der Waals surface area contributed by atoms with Crippen LogP contribution in [0, 0.1) is 0 Å². The Morgan fingerprint density at radius 1 is 1.25 bits per heavy atom. The summed E-state index contributed by atoms with van der Waals surface area (Å²) in [5.41, 5.74) is 0.467. The predicted molar refractivity (Wildman–Crippen MR) is 73.7 cm³/mol. The summed E-state index contributed by atoms with van der Waals surface area (Å²) in [6.07, 6.45) is 0.0201. The number of hydrogen-bond acceptors (Lipinski definition) is 6. The maximum Gasteiger partial charge on any atom is 0.417 e. The highest BCUT2D eigenvalue weighted by molar-refractivity contribution is 5.59. The Balaban J connectivity index is 1.73. The molecule has 3 aromatic rings. The van der Waals surface area contributed by atoms with Gasteiger partial charge in [-0.1, -0.05) is 5.16 Å². The quantitative estimate of drug-likeness (QED) is 0.773. The number of alkyl halides is 3. The van der Waals surface area contributed by atoms with Gasteiger partial charge in [0.2, 0.25) is 11.7 Å². The lowest BCUT2D eigenvalue weighted by Crippen LogP contribution is -2.11. The van der Waals surface area contributed by atoms with Crippen molar-refractivity contribution in [1.82, 2.24) is 30.5 Å². The predicted octanol–water partition coefficient (Wildman–Crippen LogP) is 2.74. The molecule has 1 aliphatic rings. The van der Waals surface area contributed by atoms with E-state index in [-0.39, 0.29) is 23.2 Å². The molecule has 0 spiro atoms. The number of aryl methyl sites for hydroxylation is 1. The van der Waals surface area contributed by atoms with Gasteiger partial charge in [0.1, 0.15) is 0 Å². The van der Waals surface area contributed by atoms with E-state index < -0.39 is 11.7 Å². The molecule has 0 aromatic carbocycles. The van der Waals surface area contributed by atoms with Crippen LogP contribution in [-0.4, -0.2) is 30.5 Å². The van der Waals surface area contributed by atoms with E-state index in [0.29, 0.717) is 5.69 Å². The Bertz CT molecular complexity index is 871. The molecule has 10 heteroatoms. The average molecular weight is 336 g/mol. The monoisotopic (exact) mass is 336 g/mol. The fourth-order valence-corrected chi connectivity index (χ4v) is 2.88. The lowest BCUT2D eigenvalue weighted by atomic mass is 9.90. The molecular weight excluding hydrogens is 325 g/mol. The van der Waals surface area contributed by atoms with Crippen LogP contribution in [0.15, 0.2) is 23.0 Å². The molecule has 0 amide bonds. The number of hydrogen-bond donors (Lipinski definition) is 1. The number of nitrogens with one attached hydrogen (secondary N) is 1. The Hall–Kier alpha value is -2.78. The highest BCUT2D eigenvalue weighted by atomic mass is 19.4. The molecule has 1 aliphatic carbocycles. The first-order chi connectivity index (χ1) is 11.5. The molecule has 7 nitrogen and oxygen atoms in total. The van der Waals surface area contributed by atoms with Gasteiger partial charge in [-0.15, -0.1) is 0 Å². The summed E-state index contributed by atoms with van der Waals surface area (Å²) in [4.78, 5) is 7.89. The lowest BCUT2D eigenvalue weighted by Gasteiger charge is -2.15. The standard InChI is InChI=1S/C14H11F3N6O/c15-14(16,17)9-4-5-18-6-8(9)12-19-13(24-22-12)7-2-1-3-10-11(7)21-23-20-10/h4-7H,1-3H2,(H,20,21,23). The number of nitrogens with zero attached hydrogens (tertiary/aromatic N) is 5. The molecule has 0 saturated carbocycles. The van der Waals surface area contributed by atoms with Crippen molar-refractivity contribution >= 4 is 0 Å². The minimum atomic E-state index is -4.52. The van der Waals surface area contributed by atoms with Crippen LogP contribution in [0.1, 0.15) is 41.6 Å². The second kappa shape index (κ2) is 5.39. The van der Waals surface area contributed by atoms with Crippen LogP contribution < -0.4 is 0 Å². The fourth-order valence-electron chi connectivity index (χ4n) is 2.88. The van der Waals surface area contributed by atoms with Gasteiger partial charge in [-0.2, -0.15) is 33.6 Å². The molecule has 0 aliphatic heterocycles. The number of aromatic nitrogens is 6. The number of rotatable bonds is 2. The number of H-pyrrole nitrogens is 1. The molecule has 24 heavy (non-hydrogen) atoms. The van der Waals surface area contributed by atoms with E-state index in [1.807, 2.05) is 0 Å². The zero-order valence-electron chi connectivity index (χ0n) is 12.2. The van der Waals surface area contributed by atoms with Crippen molar-refractivity contribution < 1.29 is 17.7 Å². The third-order valence-electron chi connectivity index (χ3n) is 3.99. The van der Waals surface area contributed by atoms with Crippen LogP contribution >= 0.6 is 0 Å². The molecule has 1 atom stereocenters. The highest BCUT2D eigenvalue weighted by Gasteiger charge is 2.36. The van der Waals surface area contributed by atoms with Crippen LogP contribution in [0.2, 0.25) is 0 Å². The summed E-state index contributed by atoms with van der Waals surface area (Å²) in [7, 11) is 0. The first-order valence-electron chi connectivity index (χ1n) is 7.29. The summed E-state index contributed by atoms with van der Waals surface area (Å²) in [6, 6.07) is 0.891. The molecule has 3 heterocycles. The van der Waals surface area contributed by atoms with Gasteiger partial charge < -0.3 is 4.52 Å². The first kappa shape index (κ1) is 14.8. The van der Waals surface area contributed by atoms with E-state index in [1.165, 1.54) is 0 Å². The molecule has 1 N–H and O–H groups in total. The van der Waals surface area contributed by atoms with Crippen molar-refractivity contribution in [1.29, 1.82) is 0 Å². The molecule has 3 aromatic heterocycles. The Morgan fingerprint density at radius 3 is 2.96 bits per heavy atom. The maximum absolute atomic E-state index is 13.1. The van der Waals surface area contributed by atoms with E-state index >= 15 is 0 Å². The van der Waals surface area contributed by atoms with E-state index in [2.05, 4.69) is 30.5 Å². The van der Waals surface area contributed by atoms with Crippen molar-refractivity contribution in [2.45, 2.75) is 31.4 Å². The van der Waals surface area contributed by atoms with E-state index in [1.54, 1.807) is 0 Å². The van der Waals surface area contributed by atoms with Crippen LogP contribution in [0.25, 0.3) is 11.4 Å². The molecule has 0 bridgehead atoms. The van der Waals surface area contributed by atoms with Crippen molar-refractivity contribution in [2.75, 3.05) is 0 Å². The second-order valence-corrected chi connectivity index (χ2v) is 5.48. The normalized spacial score (nSPS) is 17.7. The fraction of sp³-hybridized carbons (Fsp3) is 0.357. The second-order valence-electron chi connectivity index (χ2n) is 5.48. The van der Waals surface area contributed by atoms with E-state index in [0.717, 1.165) is 43.4 Å². The SMILES string of the molecule is FC(F)(F)c1ccncc1-c1noc(C2CCCc3n[nH]nc32)n1. The number of fused-ring (bicyclic) bond motifs is 1. The van der Waals surface area contributed by atoms with Gasteiger partial charge in [0.25, 0.3) is 0 Å². The molecular formula is C14H11F3N6O. The van der Waals surface area contributed by atoms with Gasteiger partial charge in [0.05, 0.1) is 28.4 Å². The zero-order chi connectivity index (χ0) is 16.7. The third-order valence-corrected chi connectivity index (χ3v) is 3.99. The summed E-state index contributed by atoms with van der Waals surface area (Å²) >= 11 is 0. The Kier molecular flexibility index (Phi) is 3.32. The highest BCUT2D eigenvalue weighted by Crippen LogP contribution is 2.37. The van der Waals surface area contributed by atoms with E-state index in [4.69, 9.17) is 4.52 Å². The van der Waals surface area contributed by atoms with Crippen LogP contribution in [-0.2, 0) is 12.6 Å². The van der Waals surface area contributed by atoms with Crippen LogP contribution in [0.3, 0.4) is 0 Å². The largest absolute Gasteiger partial charge is 0.417 e. The summed E-state index contributed by atoms with van der Waals surface area (Å²) in [5.74, 6) is -0.169. The topological polar surface area (TPSA) is 93.4 Å². The molecule has 0 fully saturated rings. The molecule has 1 unspecified atom stereocenters. The maximum atomic E-state index is 13.1. The molecule has 0 radical (unpaired) electrons. The Labute approximate surface area is 133 Å². The van der Waals surface area contributed by atoms with Crippen molar-refractivity contribution in [3.05, 3.63) is 41.3 Å². The Morgan fingerprint density at radius 2 is 2.12 bits per heavy atom. The minimum absolute atomic E-state index is 0.138. The average Bonchev–Trinajstić information content (AvgIpc) is 3.23. The van der Waals surface area contributed by atoms with Gasteiger partial charge in [0.15, 0.2) is 0 Å². The van der Waals surface area contributed by atoms with Crippen molar-refractivity contribution in [3.8, 4) is 11.4 Å². The lowest BCUT2D eigenvalue weighted by molar-refractivity contribution is -0.137. The van der Waals surface area contributed by atoms with Gasteiger partial charge in [-0.25, -0.2) is 0 Å². The third kappa shape index (κ3) is 2.43. The van der Waals surface area contributed by atoms with Crippen molar-refractivity contribution in [2.24, 2.45) is 0 Å². The summed E-state index contributed by atoms with van der Waals surface area (Å²) in [5, 5.41) is 14.4. The molecule has 4 rings (SSSR count). The van der Waals surface area contributed by atoms with Crippen LogP contribution in [0.4, 0.5) is 13.2 Å². The van der Waals surface area contributed by atoms with Crippen LogP contribution in [0.5, 0.6) is 0 Å². The van der Waals surface area contributed by atoms with Gasteiger partial charge in [-0.05, 0) is 25.3 Å². The number of pyridine rings is 1. The van der Waals surface area contributed by atoms with Crippen molar-refractivity contribution in [3.63, 3.8) is 0 Å². The zero-order valence-corrected chi connectivity index (χ0v) is 12.2. The molecule has 124 valence electrons. The van der Waals surface area contributed by atoms with E-state index in [9.17, 15) is 13.2 Å². The minimum Gasteiger partial charge on any atom is -0.338 e. The smallest absolute Gasteiger partial charge is 0.338 e. The number of halogens is 3. The first-order valence-corrected chi connectivity index (χ1v) is 7.29. The van der Waals surface area contributed by atoms with Gasteiger partial charge >= 0.3 is 6.18 Å². The van der Waals surface area contributed by atoms with Gasteiger partial charge in [-0.3, -0.25) is 4.98 Å². The molecule has 0 saturated heterocycles. The summed E-state index contributed by atoms with van der Waals surface area (Å²) in [6.45, 7) is 0. The number of aromatic amines is 1. The summed E-state index contributed by atoms with van der Waals surface area (Å²) < 4.78 is 44.6. The van der Waals surface area contributed by atoms with Gasteiger partial charge in [0, 0.05) is 12.4 Å².